The number of carbonyl (C=O) groups is 1. The largest absolute Gasteiger partial charge is 0.481 e. The van der Waals surface area contributed by atoms with Gasteiger partial charge in [-0.1, -0.05) is 19.9 Å². The Morgan fingerprint density at radius 3 is 2.52 bits per heavy atom. The molecule has 0 unspecified atom stereocenters. The minimum absolute atomic E-state index is 0.317. The highest BCUT2D eigenvalue weighted by Crippen LogP contribution is 2.32. The number of halogens is 1. The zero-order chi connectivity index (χ0) is 15.6. The van der Waals surface area contributed by atoms with Crippen LogP contribution >= 0.6 is 0 Å². The molecule has 1 N–H and O–H groups in total. The van der Waals surface area contributed by atoms with E-state index in [9.17, 15) is 14.3 Å². The summed E-state index contributed by atoms with van der Waals surface area (Å²) in [4.78, 5) is 16.0. The van der Waals surface area contributed by atoms with E-state index in [1.165, 1.54) is 6.07 Å². The Bertz CT molecular complexity index is 660. The quantitative estimate of drug-likeness (QED) is 0.884. The fourth-order valence-electron chi connectivity index (χ4n) is 2.83. The SMILES string of the molecule is CCn1c(CC(CC)(CC)C(=O)O)nc2c(F)cccc21. The molecule has 5 heteroatoms. The lowest BCUT2D eigenvalue weighted by Crippen LogP contribution is -2.33. The number of fused-ring (bicyclic) bond motifs is 1. The third-order valence-electron chi connectivity index (χ3n) is 4.43. The highest BCUT2D eigenvalue weighted by Gasteiger charge is 2.36. The van der Waals surface area contributed by atoms with Crippen LogP contribution in [0.1, 0.15) is 39.4 Å². The van der Waals surface area contributed by atoms with E-state index in [0.29, 0.717) is 37.1 Å². The van der Waals surface area contributed by atoms with Gasteiger partial charge in [0.25, 0.3) is 0 Å². The maximum Gasteiger partial charge on any atom is 0.310 e. The number of hydrogen-bond donors (Lipinski definition) is 1. The van der Waals surface area contributed by atoms with Crippen LogP contribution in [0.5, 0.6) is 0 Å². The zero-order valence-electron chi connectivity index (χ0n) is 12.7. The van der Waals surface area contributed by atoms with Crippen LogP contribution in [0, 0.1) is 11.2 Å². The molecule has 0 fully saturated rings. The molecule has 0 atom stereocenters. The van der Waals surface area contributed by atoms with E-state index in [1.807, 2.05) is 31.4 Å². The molecule has 0 aliphatic heterocycles. The van der Waals surface area contributed by atoms with Crippen LogP contribution in [0.3, 0.4) is 0 Å². The second-order valence-corrected chi connectivity index (χ2v) is 5.35. The van der Waals surface area contributed by atoms with Crippen molar-refractivity contribution in [1.82, 2.24) is 9.55 Å². The van der Waals surface area contributed by atoms with Crippen molar-refractivity contribution in [3.05, 3.63) is 29.8 Å². The number of aliphatic carboxylic acids is 1. The molecule has 0 radical (unpaired) electrons. The summed E-state index contributed by atoms with van der Waals surface area (Å²) in [6.45, 7) is 6.34. The summed E-state index contributed by atoms with van der Waals surface area (Å²) in [5, 5.41) is 9.57. The van der Waals surface area contributed by atoms with E-state index in [4.69, 9.17) is 0 Å². The van der Waals surface area contributed by atoms with E-state index >= 15 is 0 Å². The minimum Gasteiger partial charge on any atom is -0.481 e. The Labute approximate surface area is 123 Å². The summed E-state index contributed by atoms with van der Waals surface area (Å²) in [5.41, 5.74) is 0.199. The van der Waals surface area contributed by atoms with Crippen LogP contribution in [0.2, 0.25) is 0 Å². The van der Waals surface area contributed by atoms with Crippen molar-refractivity contribution in [3.8, 4) is 0 Å². The maximum atomic E-state index is 13.9. The summed E-state index contributed by atoms with van der Waals surface area (Å²) in [5.74, 6) is -0.541. The molecule has 2 rings (SSSR count). The highest BCUT2D eigenvalue weighted by atomic mass is 19.1. The summed E-state index contributed by atoms with van der Waals surface area (Å²) in [7, 11) is 0. The van der Waals surface area contributed by atoms with Gasteiger partial charge < -0.3 is 9.67 Å². The number of para-hydroxylation sites is 1. The number of nitrogens with zero attached hydrogens (tertiary/aromatic N) is 2. The van der Waals surface area contributed by atoms with Crippen LogP contribution in [0.25, 0.3) is 11.0 Å². The lowest BCUT2D eigenvalue weighted by Gasteiger charge is -2.26. The van der Waals surface area contributed by atoms with Crippen LogP contribution < -0.4 is 0 Å². The lowest BCUT2D eigenvalue weighted by atomic mass is 9.79. The van der Waals surface area contributed by atoms with Crippen molar-refractivity contribution < 1.29 is 14.3 Å². The molecule has 0 bridgehead atoms. The summed E-state index contributed by atoms with van der Waals surface area (Å²) in [6, 6.07) is 4.85. The number of aryl methyl sites for hydroxylation is 1. The molecule has 1 heterocycles. The van der Waals surface area contributed by atoms with Crippen molar-refractivity contribution in [3.63, 3.8) is 0 Å². The van der Waals surface area contributed by atoms with Crippen LogP contribution in [0.15, 0.2) is 18.2 Å². The van der Waals surface area contributed by atoms with Crippen LogP contribution in [-0.2, 0) is 17.8 Å². The van der Waals surface area contributed by atoms with Gasteiger partial charge in [0.1, 0.15) is 11.3 Å². The molecule has 0 amide bonds. The predicted molar refractivity (Wildman–Crippen MR) is 79.7 cm³/mol. The standard InChI is InChI=1S/C16H21FN2O2/c1-4-16(5-2,15(20)21)10-13-18-14-11(17)8-7-9-12(14)19(13)6-3/h7-9H,4-6,10H2,1-3H3,(H,20,21). The Balaban J connectivity index is 2.56. The molecule has 0 aliphatic rings. The molecule has 2 aromatic rings. The first-order valence-corrected chi connectivity index (χ1v) is 7.36. The first-order chi connectivity index (χ1) is 9.99. The number of carboxylic acid groups (broad SMARTS) is 1. The number of carboxylic acids is 1. The molecule has 0 saturated carbocycles. The average molecular weight is 292 g/mol. The molecule has 1 aromatic carbocycles. The topological polar surface area (TPSA) is 55.1 Å². The van der Waals surface area contributed by atoms with E-state index in [1.54, 1.807) is 6.07 Å². The molecule has 4 nitrogen and oxygen atoms in total. The summed E-state index contributed by atoms with van der Waals surface area (Å²) in [6.07, 6.45) is 1.36. The van der Waals surface area contributed by atoms with Crippen molar-refractivity contribution in [2.24, 2.45) is 5.41 Å². The molecule has 21 heavy (non-hydrogen) atoms. The Kier molecular flexibility index (Phi) is 4.30. The van der Waals surface area contributed by atoms with Gasteiger partial charge in [-0.15, -0.1) is 0 Å². The van der Waals surface area contributed by atoms with E-state index < -0.39 is 11.4 Å². The Morgan fingerprint density at radius 2 is 2.00 bits per heavy atom. The molecule has 0 spiro atoms. The molecule has 114 valence electrons. The van der Waals surface area contributed by atoms with Crippen molar-refractivity contribution in [2.75, 3.05) is 0 Å². The van der Waals surface area contributed by atoms with Crippen LogP contribution in [0.4, 0.5) is 4.39 Å². The highest BCUT2D eigenvalue weighted by molar-refractivity contribution is 5.78. The Hall–Kier alpha value is -1.91. The molecule has 0 aliphatic carbocycles. The first kappa shape index (κ1) is 15.5. The number of rotatable bonds is 6. The van der Waals surface area contributed by atoms with Gasteiger partial charge in [-0.2, -0.15) is 0 Å². The maximum absolute atomic E-state index is 13.9. The predicted octanol–water partition coefficient (Wildman–Crippen LogP) is 3.63. The lowest BCUT2D eigenvalue weighted by molar-refractivity contribution is -0.149. The van der Waals surface area contributed by atoms with Crippen molar-refractivity contribution in [1.29, 1.82) is 0 Å². The van der Waals surface area contributed by atoms with E-state index in [2.05, 4.69) is 4.98 Å². The number of benzene rings is 1. The summed E-state index contributed by atoms with van der Waals surface area (Å²) >= 11 is 0. The second-order valence-electron chi connectivity index (χ2n) is 5.35. The average Bonchev–Trinajstić information content (AvgIpc) is 2.83. The second kappa shape index (κ2) is 5.84. The molecular formula is C16H21FN2O2. The number of hydrogen-bond acceptors (Lipinski definition) is 2. The van der Waals surface area contributed by atoms with Gasteiger partial charge in [0.15, 0.2) is 5.82 Å². The van der Waals surface area contributed by atoms with Gasteiger partial charge in [0.05, 0.1) is 10.9 Å². The third kappa shape index (κ3) is 2.52. The van der Waals surface area contributed by atoms with Crippen molar-refractivity contribution >= 4 is 17.0 Å². The monoisotopic (exact) mass is 292 g/mol. The minimum atomic E-state index is -0.842. The van der Waals surface area contributed by atoms with Gasteiger partial charge in [0.2, 0.25) is 0 Å². The van der Waals surface area contributed by atoms with E-state index in [-0.39, 0.29) is 5.82 Å². The number of imidazole rings is 1. The van der Waals surface area contributed by atoms with E-state index in [0.717, 1.165) is 5.52 Å². The van der Waals surface area contributed by atoms with Gasteiger partial charge in [-0.3, -0.25) is 4.79 Å². The van der Waals surface area contributed by atoms with Gasteiger partial charge >= 0.3 is 5.97 Å². The fourth-order valence-corrected chi connectivity index (χ4v) is 2.83. The van der Waals surface area contributed by atoms with Crippen LogP contribution in [-0.4, -0.2) is 20.6 Å². The number of aromatic nitrogens is 2. The first-order valence-electron chi connectivity index (χ1n) is 7.36. The van der Waals surface area contributed by atoms with Gasteiger partial charge in [-0.05, 0) is 31.9 Å². The molecule has 0 saturated heterocycles. The molecular weight excluding hydrogens is 271 g/mol. The molecule has 1 aromatic heterocycles. The normalized spacial score (nSPS) is 12.0. The Morgan fingerprint density at radius 1 is 1.33 bits per heavy atom. The summed E-state index contributed by atoms with van der Waals surface area (Å²) < 4.78 is 15.8. The zero-order valence-corrected chi connectivity index (χ0v) is 12.7. The smallest absolute Gasteiger partial charge is 0.310 e. The van der Waals surface area contributed by atoms with Crippen molar-refractivity contribution in [2.45, 2.75) is 46.6 Å². The fraction of sp³-hybridized carbons (Fsp3) is 0.500. The van der Waals surface area contributed by atoms with Gasteiger partial charge in [-0.25, -0.2) is 9.37 Å². The van der Waals surface area contributed by atoms with Gasteiger partial charge in [0, 0.05) is 13.0 Å². The third-order valence-corrected chi connectivity index (χ3v) is 4.43.